The zero-order valence-electron chi connectivity index (χ0n) is 13.5. The highest BCUT2D eigenvalue weighted by Crippen LogP contribution is 2.09. The number of aryl methyl sites for hydroxylation is 1. The topological polar surface area (TPSA) is 74.3 Å². The summed E-state index contributed by atoms with van der Waals surface area (Å²) in [6.45, 7) is 2.44. The number of carbonyl (C=O) groups is 2. The molecule has 23 heavy (non-hydrogen) atoms. The van der Waals surface area contributed by atoms with E-state index in [0.717, 1.165) is 11.1 Å². The Balaban J connectivity index is 1.95. The van der Waals surface area contributed by atoms with Gasteiger partial charge in [-0.2, -0.15) is 0 Å². The summed E-state index contributed by atoms with van der Waals surface area (Å²) in [7, 11) is 3.30. The second-order valence-corrected chi connectivity index (χ2v) is 5.43. The van der Waals surface area contributed by atoms with Gasteiger partial charge in [-0.05, 0) is 24.6 Å². The maximum atomic E-state index is 11.9. The molecule has 3 amide bonds. The van der Waals surface area contributed by atoms with Gasteiger partial charge in [0.25, 0.3) is 5.91 Å². The lowest BCUT2D eigenvalue weighted by Crippen LogP contribution is -2.28. The third kappa shape index (κ3) is 4.81. The lowest BCUT2D eigenvalue weighted by Gasteiger charge is -2.11. The van der Waals surface area contributed by atoms with Crippen molar-refractivity contribution in [1.82, 2.24) is 15.2 Å². The molecule has 120 valence electrons. The molecule has 0 radical (unpaired) electrons. The van der Waals surface area contributed by atoms with Crippen LogP contribution in [0.1, 0.15) is 21.6 Å². The number of amides is 3. The highest BCUT2D eigenvalue weighted by Gasteiger charge is 2.11. The van der Waals surface area contributed by atoms with Crippen LogP contribution < -0.4 is 10.6 Å². The molecule has 1 heterocycles. The SMILES string of the molecule is Cc1cccc(CNC(=O)Nc2ccnc(C(=O)N(C)C)c2)c1. The molecule has 0 fully saturated rings. The first-order valence-corrected chi connectivity index (χ1v) is 7.24. The number of hydrogen-bond donors (Lipinski definition) is 2. The van der Waals surface area contributed by atoms with Gasteiger partial charge in [-0.25, -0.2) is 4.79 Å². The maximum Gasteiger partial charge on any atom is 0.319 e. The van der Waals surface area contributed by atoms with Gasteiger partial charge in [0.1, 0.15) is 5.69 Å². The van der Waals surface area contributed by atoms with Crippen molar-refractivity contribution < 1.29 is 9.59 Å². The predicted molar refractivity (Wildman–Crippen MR) is 89.3 cm³/mol. The number of hydrogen-bond acceptors (Lipinski definition) is 3. The third-order valence-electron chi connectivity index (χ3n) is 3.18. The van der Waals surface area contributed by atoms with Gasteiger partial charge in [-0.15, -0.1) is 0 Å². The highest BCUT2D eigenvalue weighted by atomic mass is 16.2. The fourth-order valence-corrected chi connectivity index (χ4v) is 2.03. The van der Waals surface area contributed by atoms with Crippen molar-refractivity contribution in [2.75, 3.05) is 19.4 Å². The Morgan fingerprint density at radius 1 is 1.17 bits per heavy atom. The lowest BCUT2D eigenvalue weighted by atomic mass is 10.1. The van der Waals surface area contributed by atoms with E-state index in [1.165, 1.54) is 11.1 Å². The molecule has 0 aliphatic heterocycles. The zero-order chi connectivity index (χ0) is 16.8. The summed E-state index contributed by atoms with van der Waals surface area (Å²) in [6, 6.07) is 10.8. The van der Waals surface area contributed by atoms with Crippen LogP contribution in [-0.2, 0) is 6.54 Å². The fourth-order valence-electron chi connectivity index (χ4n) is 2.03. The Morgan fingerprint density at radius 3 is 2.65 bits per heavy atom. The molecule has 1 aromatic carbocycles. The molecule has 0 aliphatic carbocycles. The Bertz CT molecular complexity index is 713. The second kappa shape index (κ2) is 7.40. The fraction of sp³-hybridized carbons (Fsp3) is 0.235. The van der Waals surface area contributed by atoms with Crippen molar-refractivity contribution in [1.29, 1.82) is 0 Å². The van der Waals surface area contributed by atoms with Crippen LogP contribution >= 0.6 is 0 Å². The summed E-state index contributed by atoms with van der Waals surface area (Å²) in [4.78, 5) is 29.3. The number of pyridine rings is 1. The molecular formula is C17H20N4O2. The van der Waals surface area contributed by atoms with Crippen molar-refractivity contribution in [3.8, 4) is 0 Å². The smallest absolute Gasteiger partial charge is 0.319 e. The first-order chi connectivity index (χ1) is 11.0. The van der Waals surface area contributed by atoms with Crippen LogP contribution in [0.2, 0.25) is 0 Å². The van der Waals surface area contributed by atoms with Crippen LogP contribution in [0, 0.1) is 6.92 Å². The zero-order valence-corrected chi connectivity index (χ0v) is 13.5. The summed E-state index contributed by atoms with van der Waals surface area (Å²) < 4.78 is 0. The van der Waals surface area contributed by atoms with E-state index in [4.69, 9.17) is 0 Å². The minimum Gasteiger partial charge on any atom is -0.343 e. The monoisotopic (exact) mass is 312 g/mol. The summed E-state index contributed by atoms with van der Waals surface area (Å²) in [5.41, 5.74) is 2.97. The maximum absolute atomic E-state index is 11.9. The number of benzene rings is 1. The van der Waals surface area contributed by atoms with Crippen molar-refractivity contribution >= 4 is 17.6 Å². The van der Waals surface area contributed by atoms with E-state index in [2.05, 4.69) is 15.6 Å². The van der Waals surface area contributed by atoms with Gasteiger partial charge >= 0.3 is 6.03 Å². The van der Waals surface area contributed by atoms with Crippen LogP contribution in [0.5, 0.6) is 0 Å². The number of rotatable bonds is 4. The lowest BCUT2D eigenvalue weighted by molar-refractivity contribution is 0.0822. The first kappa shape index (κ1) is 16.5. The molecule has 6 heteroatoms. The largest absolute Gasteiger partial charge is 0.343 e. The number of urea groups is 1. The Kier molecular flexibility index (Phi) is 5.30. The van der Waals surface area contributed by atoms with Crippen LogP contribution in [0.25, 0.3) is 0 Å². The average molecular weight is 312 g/mol. The molecule has 0 aliphatic rings. The summed E-state index contributed by atoms with van der Waals surface area (Å²) >= 11 is 0. The summed E-state index contributed by atoms with van der Waals surface area (Å²) in [5.74, 6) is -0.214. The Hall–Kier alpha value is -2.89. The Morgan fingerprint density at radius 2 is 1.96 bits per heavy atom. The van der Waals surface area contributed by atoms with Crippen LogP contribution in [0.15, 0.2) is 42.6 Å². The highest BCUT2D eigenvalue weighted by molar-refractivity contribution is 5.95. The van der Waals surface area contributed by atoms with Gasteiger partial charge in [-0.1, -0.05) is 29.8 Å². The molecule has 0 saturated carbocycles. The van der Waals surface area contributed by atoms with E-state index in [0.29, 0.717) is 12.2 Å². The van der Waals surface area contributed by atoms with Gasteiger partial charge in [0.15, 0.2) is 0 Å². The quantitative estimate of drug-likeness (QED) is 0.910. The summed E-state index contributed by atoms with van der Waals surface area (Å²) in [6.07, 6.45) is 1.49. The van der Waals surface area contributed by atoms with E-state index in [1.54, 1.807) is 26.2 Å². The number of anilines is 1. The van der Waals surface area contributed by atoms with Gasteiger partial charge < -0.3 is 15.5 Å². The van der Waals surface area contributed by atoms with Gasteiger partial charge in [-0.3, -0.25) is 9.78 Å². The van der Waals surface area contributed by atoms with Crippen molar-refractivity contribution in [2.24, 2.45) is 0 Å². The molecular weight excluding hydrogens is 292 g/mol. The van der Waals surface area contributed by atoms with E-state index < -0.39 is 0 Å². The van der Waals surface area contributed by atoms with Gasteiger partial charge in [0.2, 0.25) is 0 Å². The minimum absolute atomic E-state index is 0.214. The van der Waals surface area contributed by atoms with E-state index >= 15 is 0 Å². The molecule has 0 saturated heterocycles. The van der Waals surface area contributed by atoms with Crippen LogP contribution in [0.3, 0.4) is 0 Å². The van der Waals surface area contributed by atoms with Crippen LogP contribution in [-0.4, -0.2) is 35.9 Å². The standard InChI is InChI=1S/C17H20N4O2/c1-12-5-4-6-13(9-12)11-19-17(23)20-14-7-8-18-15(10-14)16(22)21(2)3/h4-10H,11H2,1-3H3,(H2,18,19,20,23). The Labute approximate surface area is 135 Å². The van der Waals surface area contributed by atoms with Gasteiger partial charge in [0, 0.05) is 32.5 Å². The molecule has 0 atom stereocenters. The number of nitrogens with zero attached hydrogens (tertiary/aromatic N) is 2. The molecule has 1 aromatic heterocycles. The third-order valence-corrected chi connectivity index (χ3v) is 3.18. The molecule has 0 spiro atoms. The van der Waals surface area contributed by atoms with E-state index in [1.807, 2.05) is 31.2 Å². The van der Waals surface area contributed by atoms with E-state index in [9.17, 15) is 9.59 Å². The molecule has 2 aromatic rings. The molecule has 2 N–H and O–H groups in total. The second-order valence-electron chi connectivity index (χ2n) is 5.43. The van der Waals surface area contributed by atoms with Crippen LogP contribution in [0.4, 0.5) is 10.5 Å². The minimum atomic E-state index is -0.332. The predicted octanol–water partition coefficient (Wildman–Crippen LogP) is 2.41. The van der Waals surface area contributed by atoms with Crippen molar-refractivity contribution in [3.63, 3.8) is 0 Å². The molecule has 0 bridgehead atoms. The van der Waals surface area contributed by atoms with Gasteiger partial charge in [0.05, 0.1) is 0 Å². The molecule has 6 nitrogen and oxygen atoms in total. The number of nitrogens with one attached hydrogen (secondary N) is 2. The van der Waals surface area contributed by atoms with Crippen molar-refractivity contribution in [2.45, 2.75) is 13.5 Å². The number of aromatic nitrogens is 1. The normalized spacial score (nSPS) is 10.0. The number of carbonyl (C=O) groups excluding carboxylic acids is 2. The average Bonchev–Trinajstić information content (AvgIpc) is 2.52. The summed E-state index contributed by atoms with van der Waals surface area (Å²) in [5, 5.41) is 5.48. The molecule has 0 unspecified atom stereocenters. The van der Waals surface area contributed by atoms with E-state index in [-0.39, 0.29) is 17.6 Å². The molecule has 2 rings (SSSR count). The first-order valence-electron chi connectivity index (χ1n) is 7.24. The van der Waals surface area contributed by atoms with Crippen molar-refractivity contribution in [3.05, 3.63) is 59.4 Å².